The first-order chi connectivity index (χ1) is 12.1. The van der Waals surface area contributed by atoms with Crippen molar-refractivity contribution in [3.63, 3.8) is 0 Å². The van der Waals surface area contributed by atoms with E-state index in [0.717, 1.165) is 11.3 Å². The second-order valence-electron chi connectivity index (χ2n) is 5.83. The summed E-state index contributed by atoms with van der Waals surface area (Å²) in [6.07, 6.45) is 4.13. The Morgan fingerprint density at radius 2 is 2.00 bits per heavy atom. The number of hydrogen-bond donors (Lipinski definition) is 3. The zero-order valence-corrected chi connectivity index (χ0v) is 13.5. The number of anilines is 1. The van der Waals surface area contributed by atoms with Gasteiger partial charge in [0.15, 0.2) is 0 Å². The third-order valence-corrected chi connectivity index (χ3v) is 4.07. The number of amides is 3. The fourth-order valence-corrected chi connectivity index (χ4v) is 2.71. The minimum Gasteiger partial charge on any atom is -0.326 e. The quantitative estimate of drug-likeness (QED) is 0.734. The van der Waals surface area contributed by atoms with Gasteiger partial charge in [-0.2, -0.15) is 0 Å². The molecule has 7 nitrogen and oxygen atoms in total. The van der Waals surface area contributed by atoms with E-state index in [9.17, 15) is 14.4 Å². The van der Waals surface area contributed by atoms with E-state index in [-0.39, 0.29) is 24.2 Å². The van der Waals surface area contributed by atoms with E-state index in [1.54, 1.807) is 18.3 Å². The molecule has 2 aromatic rings. The number of fused-ring (bicyclic) bond motifs is 1. The summed E-state index contributed by atoms with van der Waals surface area (Å²) < 4.78 is 0. The molecule has 0 aliphatic carbocycles. The highest BCUT2D eigenvalue weighted by atomic mass is 16.2. The van der Waals surface area contributed by atoms with Crippen LogP contribution >= 0.6 is 0 Å². The highest BCUT2D eigenvalue weighted by Gasteiger charge is 2.26. The van der Waals surface area contributed by atoms with Crippen LogP contribution in [0.4, 0.5) is 5.69 Å². The van der Waals surface area contributed by atoms with Crippen LogP contribution in [0.25, 0.3) is 0 Å². The highest BCUT2D eigenvalue weighted by Crippen LogP contribution is 2.27. The predicted octanol–water partition coefficient (Wildman–Crippen LogP) is 1.43. The maximum atomic E-state index is 12.1. The van der Waals surface area contributed by atoms with Gasteiger partial charge in [-0.25, -0.2) is 0 Å². The molecular weight excluding hydrogens is 320 g/mol. The van der Waals surface area contributed by atoms with Crippen molar-refractivity contribution < 1.29 is 14.4 Å². The topological polar surface area (TPSA) is 100 Å². The second-order valence-corrected chi connectivity index (χ2v) is 5.83. The van der Waals surface area contributed by atoms with Gasteiger partial charge in [0.25, 0.3) is 5.91 Å². The summed E-state index contributed by atoms with van der Waals surface area (Å²) in [5.74, 6) is -1.12. The average molecular weight is 338 g/mol. The standard InChI is InChI=1S/C18H18N4O3/c23-16(21-22-18(25)14-5-3-9-19-11-14)8-7-13-10-12-4-1-2-6-15(12)20-17(13)24/h1-6,9,11,13H,7-8,10H2,(H,20,24)(H,21,23)(H,22,25). The van der Waals surface area contributed by atoms with E-state index < -0.39 is 5.91 Å². The van der Waals surface area contributed by atoms with Gasteiger partial charge in [0, 0.05) is 30.4 Å². The largest absolute Gasteiger partial charge is 0.326 e. The minimum absolute atomic E-state index is 0.0779. The van der Waals surface area contributed by atoms with Gasteiger partial charge in [-0.1, -0.05) is 18.2 Å². The third-order valence-electron chi connectivity index (χ3n) is 4.07. The van der Waals surface area contributed by atoms with Crippen molar-refractivity contribution >= 4 is 23.4 Å². The lowest BCUT2D eigenvalue weighted by atomic mass is 9.89. The molecule has 3 amide bonds. The van der Waals surface area contributed by atoms with Gasteiger partial charge in [-0.15, -0.1) is 0 Å². The van der Waals surface area contributed by atoms with Crippen molar-refractivity contribution in [3.05, 3.63) is 59.9 Å². The Hall–Kier alpha value is -3.22. The van der Waals surface area contributed by atoms with E-state index >= 15 is 0 Å². The summed E-state index contributed by atoms with van der Waals surface area (Å²) in [6.45, 7) is 0. The van der Waals surface area contributed by atoms with Gasteiger partial charge in [0.05, 0.1) is 5.56 Å². The molecule has 7 heteroatoms. The van der Waals surface area contributed by atoms with Crippen molar-refractivity contribution in [1.82, 2.24) is 15.8 Å². The van der Waals surface area contributed by atoms with E-state index in [4.69, 9.17) is 0 Å². The number of aromatic nitrogens is 1. The molecule has 0 bridgehead atoms. The number of hydrogen-bond acceptors (Lipinski definition) is 4. The van der Waals surface area contributed by atoms with E-state index in [1.165, 1.54) is 6.20 Å². The number of hydrazine groups is 1. The molecule has 25 heavy (non-hydrogen) atoms. The Bertz CT molecular complexity index is 792. The molecule has 1 aromatic heterocycles. The van der Waals surface area contributed by atoms with Crippen LogP contribution in [0, 0.1) is 5.92 Å². The molecular formula is C18H18N4O3. The van der Waals surface area contributed by atoms with Crippen LogP contribution in [0.5, 0.6) is 0 Å². The van der Waals surface area contributed by atoms with Crippen LogP contribution in [0.15, 0.2) is 48.8 Å². The number of rotatable bonds is 4. The van der Waals surface area contributed by atoms with Gasteiger partial charge in [-0.05, 0) is 36.6 Å². The molecule has 128 valence electrons. The molecule has 2 heterocycles. The van der Waals surface area contributed by atoms with Crippen molar-refractivity contribution in [1.29, 1.82) is 0 Å². The van der Waals surface area contributed by atoms with Crippen LogP contribution in [0.1, 0.15) is 28.8 Å². The molecule has 0 radical (unpaired) electrons. The Morgan fingerprint density at radius 1 is 1.16 bits per heavy atom. The Morgan fingerprint density at radius 3 is 2.80 bits per heavy atom. The zero-order chi connectivity index (χ0) is 17.6. The lowest BCUT2D eigenvalue weighted by Gasteiger charge is -2.24. The normalized spacial score (nSPS) is 15.7. The lowest BCUT2D eigenvalue weighted by Crippen LogP contribution is -2.42. The summed E-state index contributed by atoms with van der Waals surface area (Å²) in [7, 11) is 0. The van der Waals surface area contributed by atoms with E-state index in [0.29, 0.717) is 18.4 Å². The Kier molecular flexibility index (Phi) is 5.03. The number of nitrogens with zero attached hydrogens (tertiary/aromatic N) is 1. The van der Waals surface area contributed by atoms with Crippen molar-refractivity contribution in [2.24, 2.45) is 5.92 Å². The van der Waals surface area contributed by atoms with Crippen LogP contribution < -0.4 is 16.2 Å². The maximum Gasteiger partial charge on any atom is 0.271 e. The first-order valence-electron chi connectivity index (χ1n) is 8.01. The number of para-hydroxylation sites is 1. The van der Waals surface area contributed by atoms with Crippen LogP contribution in [0.3, 0.4) is 0 Å². The molecule has 0 saturated heterocycles. The fourth-order valence-electron chi connectivity index (χ4n) is 2.71. The molecule has 1 aliphatic heterocycles. The van der Waals surface area contributed by atoms with Crippen molar-refractivity contribution in [2.75, 3.05) is 5.32 Å². The predicted molar refractivity (Wildman–Crippen MR) is 91.3 cm³/mol. The third kappa shape index (κ3) is 4.20. The monoisotopic (exact) mass is 338 g/mol. The summed E-state index contributed by atoms with van der Waals surface area (Å²) >= 11 is 0. The lowest BCUT2D eigenvalue weighted by molar-refractivity contribution is -0.123. The van der Waals surface area contributed by atoms with Crippen molar-refractivity contribution in [2.45, 2.75) is 19.3 Å². The van der Waals surface area contributed by atoms with Gasteiger partial charge in [0.1, 0.15) is 0 Å². The Balaban J connectivity index is 1.46. The van der Waals surface area contributed by atoms with Gasteiger partial charge < -0.3 is 5.32 Å². The van der Waals surface area contributed by atoms with E-state index in [1.807, 2.05) is 24.3 Å². The summed E-state index contributed by atoms with van der Waals surface area (Å²) in [6, 6.07) is 10.9. The molecule has 0 spiro atoms. The number of carbonyl (C=O) groups is 3. The molecule has 1 unspecified atom stereocenters. The molecule has 1 aromatic carbocycles. The summed E-state index contributed by atoms with van der Waals surface area (Å²) in [5, 5.41) is 2.86. The number of nitrogens with one attached hydrogen (secondary N) is 3. The first kappa shape index (κ1) is 16.6. The molecule has 1 aliphatic rings. The molecule has 3 rings (SSSR count). The van der Waals surface area contributed by atoms with Gasteiger partial charge in [0.2, 0.25) is 11.8 Å². The molecule has 0 saturated carbocycles. The minimum atomic E-state index is -0.439. The number of benzene rings is 1. The number of pyridine rings is 1. The average Bonchev–Trinajstić information content (AvgIpc) is 2.65. The maximum absolute atomic E-state index is 12.1. The van der Waals surface area contributed by atoms with Gasteiger partial charge >= 0.3 is 0 Å². The van der Waals surface area contributed by atoms with Crippen LogP contribution in [-0.2, 0) is 16.0 Å². The van der Waals surface area contributed by atoms with E-state index in [2.05, 4.69) is 21.2 Å². The van der Waals surface area contributed by atoms with Crippen molar-refractivity contribution in [3.8, 4) is 0 Å². The number of carbonyl (C=O) groups excluding carboxylic acids is 3. The molecule has 0 fully saturated rings. The zero-order valence-electron chi connectivity index (χ0n) is 13.5. The fraction of sp³-hybridized carbons (Fsp3) is 0.222. The molecule has 3 N–H and O–H groups in total. The smallest absolute Gasteiger partial charge is 0.271 e. The van der Waals surface area contributed by atoms with Gasteiger partial charge in [-0.3, -0.25) is 30.2 Å². The summed E-state index contributed by atoms with van der Waals surface area (Å²) in [5.41, 5.74) is 6.94. The first-order valence-corrected chi connectivity index (χ1v) is 8.01. The molecule has 1 atom stereocenters. The van der Waals surface area contributed by atoms with Crippen LogP contribution in [-0.4, -0.2) is 22.7 Å². The highest BCUT2D eigenvalue weighted by molar-refractivity contribution is 5.96. The SMILES string of the molecule is O=C(CCC1Cc2ccccc2NC1=O)NNC(=O)c1cccnc1. The second kappa shape index (κ2) is 7.57. The van der Waals surface area contributed by atoms with Crippen LogP contribution in [0.2, 0.25) is 0 Å². The Labute approximate surface area is 144 Å². The summed E-state index contributed by atoms with van der Waals surface area (Å²) in [4.78, 5) is 39.7.